The molecule has 0 bridgehead atoms. The number of aliphatic carboxylic acids is 1. The average Bonchev–Trinajstić information content (AvgIpc) is 2.54. The van der Waals surface area contributed by atoms with E-state index < -0.39 is 12.0 Å². The van der Waals surface area contributed by atoms with Crippen molar-refractivity contribution in [2.45, 2.75) is 38.1 Å². The van der Waals surface area contributed by atoms with E-state index in [1.807, 2.05) is 30.3 Å². The van der Waals surface area contributed by atoms with Gasteiger partial charge < -0.3 is 15.7 Å². The van der Waals surface area contributed by atoms with Gasteiger partial charge in [0.15, 0.2) is 0 Å². The van der Waals surface area contributed by atoms with Crippen LogP contribution in [0.2, 0.25) is 0 Å². The number of carboxylic acid groups (broad SMARTS) is 1. The van der Waals surface area contributed by atoms with E-state index in [4.69, 9.17) is 0 Å². The maximum atomic E-state index is 12.0. The second-order valence-electron chi connectivity index (χ2n) is 5.88. The van der Waals surface area contributed by atoms with Crippen LogP contribution in [-0.2, 0) is 16.0 Å². The molecule has 22 heavy (non-hydrogen) atoms. The molecule has 1 atom stereocenters. The van der Waals surface area contributed by atoms with E-state index in [9.17, 15) is 14.7 Å². The molecule has 2 rings (SSSR count). The van der Waals surface area contributed by atoms with Crippen molar-refractivity contribution in [3.05, 3.63) is 35.9 Å². The lowest BCUT2D eigenvalue weighted by molar-refractivity contribution is -0.141. The number of hydrogen-bond acceptors (Lipinski definition) is 3. The molecule has 120 valence electrons. The maximum Gasteiger partial charge on any atom is 0.326 e. The van der Waals surface area contributed by atoms with Gasteiger partial charge in [0, 0.05) is 12.8 Å². The van der Waals surface area contributed by atoms with E-state index >= 15 is 0 Å². The lowest BCUT2D eigenvalue weighted by atomic mass is 9.93. The highest BCUT2D eigenvalue weighted by molar-refractivity contribution is 5.83. The largest absolute Gasteiger partial charge is 0.480 e. The van der Waals surface area contributed by atoms with Crippen LogP contribution in [0.3, 0.4) is 0 Å². The van der Waals surface area contributed by atoms with Crippen molar-refractivity contribution in [2.75, 3.05) is 13.1 Å². The van der Waals surface area contributed by atoms with Crippen molar-refractivity contribution in [3.63, 3.8) is 0 Å². The van der Waals surface area contributed by atoms with Crippen LogP contribution in [0.4, 0.5) is 0 Å². The van der Waals surface area contributed by atoms with Gasteiger partial charge in [-0.1, -0.05) is 30.3 Å². The Morgan fingerprint density at radius 1 is 1.23 bits per heavy atom. The predicted octanol–water partition coefficient (Wildman–Crippen LogP) is 1.58. The van der Waals surface area contributed by atoms with Crippen LogP contribution in [0.5, 0.6) is 0 Å². The van der Waals surface area contributed by atoms with Gasteiger partial charge >= 0.3 is 5.97 Å². The van der Waals surface area contributed by atoms with E-state index in [0.29, 0.717) is 18.8 Å². The van der Waals surface area contributed by atoms with Crippen molar-refractivity contribution in [2.24, 2.45) is 5.92 Å². The molecule has 1 heterocycles. The molecule has 0 radical (unpaired) electrons. The van der Waals surface area contributed by atoms with Crippen molar-refractivity contribution in [3.8, 4) is 0 Å². The molecule has 1 saturated heterocycles. The lowest BCUT2D eigenvalue weighted by Gasteiger charge is -2.22. The summed E-state index contributed by atoms with van der Waals surface area (Å²) in [6.45, 7) is 2.02. The summed E-state index contributed by atoms with van der Waals surface area (Å²) in [5, 5.41) is 15.2. The zero-order chi connectivity index (χ0) is 15.8. The molecule has 0 aliphatic carbocycles. The second-order valence-corrected chi connectivity index (χ2v) is 5.88. The number of hydrogen-bond donors (Lipinski definition) is 3. The van der Waals surface area contributed by atoms with Crippen molar-refractivity contribution in [1.82, 2.24) is 10.6 Å². The number of carboxylic acids is 1. The normalized spacial score (nSPS) is 16.9. The molecule has 0 aromatic heterocycles. The highest BCUT2D eigenvalue weighted by Gasteiger charge is 2.21. The van der Waals surface area contributed by atoms with Crippen LogP contribution in [-0.4, -0.2) is 36.1 Å². The first-order valence-electron chi connectivity index (χ1n) is 7.92. The number of benzene rings is 1. The first-order chi connectivity index (χ1) is 10.6. The fraction of sp³-hybridized carbons (Fsp3) is 0.529. The molecule has 0 spiro atoms. The molecule has 5 heteroatoms. The summed E-state index contributed by atoms with van der Waals surface area (Å²) in [4.78, 5) is 23.3. The molecule has 1 aromatic rings. The number of amides is 1. The Hall–Kier alpha value is -1.88. The van der Waals surface area contributed by atoms with Gasteiger partial charge in [-0.25, -0.2) is 4.79 Å². The number of carbonyl (C=O) groups is 2. The Kier molecular flexibility index (Phi) is 6.40. The van der Waals surface area contributed by atoms with Gasteiger partial charge in [0.1, 0.15) is 6.04 Å². The smallest absolute Gasteiger partial charge is 0.326 e. The van der Waals surface area contributed by atoms with E-state index in [-0.39, 0.29) is 5.91 Å². The van der Waals surface area contributed by atoms with E-state index in [1.165, 1.54) is 0 Å². The van der Waals surface area contributed by atoms with E-state index in [0.717, 1.165) is 37.9 Å². The number of carbonyl (C=O) groups excluding carboxylic acids is 1. The minimum absolute atomic E-state index is 0.165. The minimum atomic E-state index is -0.987. The van der Waals surface area contributed by atoms with Crippen molar-refractivity contribution < 1.29 is 14.7 Å². The Morgan fingerprint density at radius 2 is 1.91 bits per heavy atom. The Bertz CT molecular complexity index is 484. The van der Waals surface area contributed by atoms with Crippen molar-refractivity contribution in [1.29, 1.82) is 0 Å². The molecule has 0 saturated carbocycles. The number of rotatable bonds is 7. The summed E-state index contributed by atoms with van der Waals surface area (Å²) in [6, 6.07) is 8.51. The molecule has 1 fully saturated rings. The van der Waals surface area contributed by atoms with Gasteiger partial charge in [0.05, 0.1) is 0 Å². The fourth-order valence-corrected chi connectivity index (χ4v) is 2.82. The van der Waals surface area contributed by atoms with Crippen LogP contribution < -0.4 is 10.6 Å². The van der Waals surface area contributed by atoms with Crippen LogP contribution in [0.1, 0.15) is 31.2 Å². The van der Waals surface area contributed by atoms with E-state index in [1.54, 1.807) is 0 Å². The maximum absolute atomic E-state index is 12.0. The highest BCUT2D eigenvalue weighted by Crippen LogP contribution is 2.17. The standard InChI is InChI=1S/C17H24N2O3/c20-16(7-6-13-8-10-18-11-9-13)19-15(17(21)22)12-14-4-2-1-3-5-14/h1-5,13,15,18H,6-12H2,(H,19,20)(H,21,22)/t15-/m0/s1. The fourth-order valence-electron chi connectivity index (χ4n) is 2.82. The molecule has 1 aliphatic rings. The topological polar surface area (TPSA) is 78.4 Å². The van der Waals surface area contributed by atoms with Crippen LogP contribution >= 0.6 is 0 Å². The SMILES string of the molecule is O=C(CCC1CCNCC1)N[C@@H](Cc1ccccc1)C(=O)O. The zero-order valence-electron chi connectivity index (χ0n) is 12.8. The Morgan fingerprint density at radius 3 is 2.55 bits per heavy atom. The van der Waals surface area contributed by atoms with Gasteiger partial charge in [-0.2, -0.15) is 0 Å². The molecule has 0 unspecified atom stereocenters. The summed E-state index contributed by atoms with van der Waals surface area (Å²) in [6.07, 6.45) is 3.75. The van der Waals surface area contributed by atoms with Crippen molar-refractivity contribution >= 4 is 11.9 Å². The molecule has 5 nitrogen and oxygen atoms in total. The third-order valence-electron chi connectivity index (χ3n) is 4.15. The summed E-state index contributed by atoms with van der Waals surface area (Å²) < 4.78 is 0. The monoisotopic (exact) mass is 304 g/mol. The molecular formula is C17H24N2O3. The summed E-state index contributed by atoms with van der Waals surface area (Å²) >= 11 is 0. The van der Waals surface area contributed by atoms with Gasteiger partial charge in [-0.05, 0) is 43.8 Å². The molecule has 1 aliphatic heterocycles. The van der Waals surface area contributed by atoms with Gasteiger partial charge in [0.25, 0.3) is 0 Å². The third kappa shape index (κ3) is 5.48. The highest BCUT2D eigenvalue weighted by atomic mass is 16.4. The van der Waals surface area contributed by atoms with Crippen LogP contribution in [0, 0.1) is 5.92 Å². The first-order valence-corrected chi connectivity index (χ1v) is 7.92. The summed E-state index contributed by atoms with van der Waals surface area (Å²) in [5.41, 5.74) is 0.911. The Labute approximate surface area is 131 Å². The number of piperidine rings is 1. The Balaban J connectivity index is 1.79. The molecule has 3 N–H and O–H groups in total. The molecule has 1 aromatic carbocycles. The average molecular weight is 304 g/mol. The van der Waals surface area contributed by atoms with Gasteiger partial charge in [0.2, 0.25) is 5.91 Å². The van der Waals surface area contributed by atoms with E-state index in [2.05, 4.69) is 10.6 Å². The second kappa shape index (κ2) is 8.54. The first kappa shape index (κ1) is 16.5. The predicted molar refractivity (Wildman–Crippen MR) is 84.5 cm³/mol. The zero-order valence-corrected chi connectivity index (χ0v) is 12.8. The lowest BCUT2D eigenvalue weighted by Crippen LogP contribution is -2.42. The molecular weight excluding hydrogens is 280 g/mol. The number of nitrogens with one attached hydrogen (secondary N) is 2. The summed E-state index contributed by atoms with van der Waals surface area (Å²) in [5.74, 6) is -0.578. The van der Waals surface area contributed by atoms with Crippen LogP contribution in [0.15, 0.2) is 30.3 Å². The molecule has 1 amide bonds. The summed E-state index contributed by atoms with van der Waals surface area (Å²) in [7, 11) is 0. The van der Waals surface area contributed by atoms with Gasteiger partial charge in [-0.15, -0.1) is 0 Å². The van der Waals surface area contributed by atoms with Crippen LogP contribution in [0.25, 0.3) is 0 Å². The minimum Gasteiger partial charge on any atom is -0.480 e. The van der Waals surface area contributed by atoms with Gasteiger partial charge in [-0.3, -0.25) is 4.79 Å². The third-order valence-corrected chi connectivity index (χ3v) is 4.15. The quantitative estimate of drug-likeness (QED) is 0.714.